The molecule has 0 bridgehead atoms. The summed E-state index contributed by atoms with van der Waals surface area (Å²) in [6.45, 7) is 7.93. The van der Waals surface area contributed by atoms with Gasteiger partial charge in [-0.2, -0.15) is 9.89 Å². The van der Waals surface area contributed by atoms with Crippen molar-refractivity contribution in [1.82, 2.24) is 14.8 Å². The van der Waals surface area contributed by atoms with Gasteiger partial charge in [-0.1, -0.05) is 13.8 Å². The van der Waals surface area contributed by atoms with Crippen LogP contribution in [0.5, 0.6) is 5.75 Å². The Morgan fingerprint density at radius 2 is 1.89 bits per heavy atom. The Labute approximate surface area is 159 Å². The third-order valence-corrected chi connectivity index (χ3v) is 5.30. The molecule has 1 saturated heterocycles. The van der Waals surface area contributed by atoms with Crippen molar-refractivity contribution >= 4 is 6.29 Å². The lowest BCUT2D eigenvalue weighted by Gasteiger charge is -2.39. The maximum absolute atomic E-state index is 14.0. The van der Waals surface area contributed by atoms with Gasteiger partial charge in [0.1, 0.15) is 5.69 Å². The molecule has 27 heavy (non-hydrogen) atoms. The molecule has 0 amide bonds. The topological polar surface area (TPSA) is 50.6 Å². The molecule has 0 N–H and O–H groups in total. The van der Waals surface area contributed by atoms with Crippen molar-refractivity contribution in [2.75, 3.05) is 38.3 Å². The molecule has 0 unspecified atom stereocenters. The highest BCUT2D eigenvalue weighted by atomic mass is 19.1. The lowest BCUT2D eigenvalue weighted by atomic mass is 10.1. The van der Waals surface area contributed by atoms with Crippen LogP contribution in [0.15, 0.2) is 24.3 Å². The summed E-state index contributed by atoms with van der Waals surface area (Å²) in [7, 11) is 1.43. The summed E-state index contributed by atoms with van der Waals surface area (Å²) in [6.07, 6.45) is 3.08. The zero-order chi connectivity index (χ0) is 19.4. The first-order chi connectivity index (χ1) is 13.1. The predicted octanol–water partition coefficient (Wildman–Crippen LogP) is 2.95. The minimum atomic E-state index is -0.448. The SMILES string of the molecule is CCC(CC)N1CCN(n2nc(-c3ccc(OC)c(F)c3)cc2C=O)CC1. The second-order valence-electron chi connectivity index (χ2n) is 6.77. The molecule has 0 spiro atoms. The number of hydrogen-bond acceptors (Lipinski definition) is 5. The molecule has 3 rings (SSSR count). The van der Waals surface area contributed by atoms with E-state index in [4.69, 9.17) is 4.74 Å². The Kier molecular flexibility index (Phi) is 6.11. The van der Waals surface area contributed by atoms with Gasteiger partial charge >= 0.3 is 0 Å². The summed E-state index contributed by atoms with van der Waals surface area (Å²) < 4.78 is 19.0. The first kappa shape index (κ1) is 19.4. The molecule has 1 aliphatic rings. The van der Waals surface area contributed by atoms with E-state index in [1.807, 2.05) is 0 Å². The largest absolute Gasteiger partial charge is 0.494 e. The smallest absolute Gasteiger partial charge is 0.170 e. The Morgan fingerprint density at radius 3 is 2.44 bits per heavy atom. The van der Waals surface area contributed by atoms with E-state index >= 15 is 0 Å². The van der Waals surface area contributed by atoms with Crippen molar-refractivity contribution in [1.29, 1.82) is 0 Å². The van der Waals surface area contributed by atoms with Crippen LogP contribution in [-0.4, -0.2) is 60.4 Å². The molecule has 146 valence electrons. The quantitative estimate of drug-likeness (QED) is 0.698. The molecule has 0 saturated carbocycles. The van der Waals surface area contributed by atoms with Crippen LogP contribution in [0.4, 0.5) is 4.39 Å². The number of ether oxygens (including phenoxy) is 1. The Bertz CT molecular complexity index is 780. The van der Waals surface area contributed by atoms with Crippen LogP contribution in [0, 0.1) is 5.82 Å². The number of rotatable bonds is 7. The summed E-state index contributed by atoms with van der Waals surface area (Å²) in [4.78, 5) is 15.7. The minimum absolute atomic E-state index is 0.186. The van der Waals surface area contributed by atoms with Crippen LogP contribution < -0.4 is 9.75 Å². The van der Waals surface area contributed by atoms with Crippen LogP contribution in [0.25, 0.3) is 11.3 Å². The van der Waals surface area contributed by atoms with Crippen LogP contribution in [-0.2, 0) is 0 Å². The normalized spacial score (nSPS) is 15.4. The highest BCUT2D eigenvalue weighted by molar-refractivity contribution is 5.76. The maximum Gasteiger partial charge on any atom is 0.170 e. The number of aromatic nitrogens is 2. The first-order valence-corrected chi connectivity index (χ1v) is 9.49. The van der Waals surface area contributed by atoms with E-state index in [-0.39, 0.29) is 5.75 Å². The summed E-state index contributed by atoms with van der Waals surface area (Å²) in [5, 5.41) is 6.64. The molecule has 1 aromatic heterocycles. The fourth-order valence-corrected chi connectivity index (χ4v) is 3.73. The van der Waals surface area contributed by atoms with Gasteiger partial charge in [-0.05, 0) is 37.1 Å². The first-order valence-electron chi connectivity index (χ1n) is 9.49. The lowest BCUT2D eigenvalue weighted by molar-refractivity contribution is 0.111. The number of carbonyl (C=O) groups is 1. The van der Waals surface area contributed by atoms with Crippen LogP contribution in [0.2, 0.25) is 0 Å². The summed E-state index contributed by atoms with van der Waals surface area (Å²) in [5.41, 5.74) is 1.66. The number of benzene rings is 1. The van der Waals surface area contributed by atoms with Gasteiger partial charge in [-0.3, -0.25) is 14.7 Å². The van der Waals surface area contributed by atoms with Gasteiger partial charge in [-0.25, -0.2) is 4.39 Å². The second-order valence-corrected chi connectivity index (χ2v) is 6.77. The van der Waals surface area contributed by atoms with Crippen LogP contribution in [0.1, 0.15) is 37.2 Å². The van der Waals surface area contributed by atoms with Crippen molar-refractivity contribution in [3.8, 4) is 17.0 Å². The van der Waals surface area contributed by atoms with Crippen molar-refractivity contribution in [2.24, 2.45) is 0 Å². The minimum Gasteiger partial charge on any atom is -0.494 e. The number of carbonyl (C=O) groups excluding carboxylic acids is 1. The number of nitrogens with zero attached hydrogens (tertiary/aromatic N) is 4. The third kappa shape index (κ3) is 3.98. The third-order valence-electron chi connectivity index (χ3n) is 5.30. The molecular weight excluding hydrogens is 347 g/mol. The van der Waals surface area contributed by atoms with Crippen LogP contribution in [0.3, 0.4) is 0 Å². The number of halogens is 1. The second kappa shape index (κ2) is 8.52. The molecule has 2 heterocycles. The van der Waals surface area contributed by atoms with Gasteiger partial charge in [0.25, 0.3) is 0 Å². The van der Waals surface area contributed by atoms with Crippen molar-refractivity contribution in [3.63, 3.8) is 0 Å². The van der Waals surface area contributed by atoms with Gasteiger partial charge in [0.15, 0.2) is 17.9 Å². The van der Waals surface area contributed by atoms with Crippen LogP contribution >= 0.6 is 0 Å². The summed E-state index contributed by atoms with van der Waals surface area (Å²) in [6, 6.07) is 6.99. The van der Waals surface area contributed by atoms with Gasteiger partial charge < -0.3 is 4.74 Å². The Balaban J connectivity index is 1.80. The van der Waals surface area contributed by atoms with Crippen molar-refractivity contribution in [2.45, 2.75) is 32.7 Å². The fraction of sp³-hybridized carbons (Fsp3) is 0.500. The molecule has 7 heteroatoms. The highest BCUT2D eigenvalue weighted by Crippen LogP contribution is 2.25. The predicted molar refractivity (Wildman–Crippen MR) is 103 cm³/mol. The monoisotopic (exact) mass is 374 g/mol. The molecule has 1 aliphatic heterocycles. The zero-order valence-electron chi connectivity index (χ0n) is 16.2. The van der Waals surface area contributed by atoms with Crippen molar-refractivity contribution in [3.05, 3.63) is 35.8 Å². The fourth-order valence-electron chi connectivity index (χ4n) is 3.73. The average Bonchev–Trinajstić information content (AvgIpc) is 3.14. The van der Waals surface area contributed by atoms with E-state index < -0.39 is 5.82 Å². The summed E-state index contributed by atoms with van der Waals surface area (Å²) >= 11 is 0. The number of hydrogen-bond donors (Lipinski definition) is 0. The molecular formula is C20H27FN4O2. The van der Waals surface area contributed by atoms with E-state index in [1.54, 1.807) is 23.0 Å². The lowest BCUT2D eigenvalue weighted by Crippen LogP contribution is -2.54. The van der Waals surface area contributed by atoms with Gasteiger partial charge in [0, 0.05) is 37.8 Å². The standard InChI is InChI=1S/C20H27FN4O2/c1-4-16(5-2)23-8-10-24(11-9-23)25-17(14-26)13-19(22-25)15-6-7-20(27-3)18(21)12-15/h6-7,12-14,16H,4-5,8-11H2,1-3H3. The van der Waals surface area contributed by atoms with E-state index in [9.17, 15) is 9.18 Å². The maximum atomic E-state index is 14.0. The van der Waals surface area contributed by atoms with Gasteiger partial charge in [0.2, 0.25) is 0 Å². The molecule has 0 radical (unpaired) electrons. The molecule has 6 nitrogen and oxygen atoms in total. The highest BCUT2D eigenvalue weighted by Gasteiger charge is 2.24. The zero-order valence-corrected chi connectivity index (χ0v) is 16.2. The Morgan fingerprint density at radius 1 is 1.19 bits per heavy atom. The molecule has 1 aromatic carbocycles. The van der Waals surface area contributed by atoms with Gasteiger partial charge in [-0.15, -0.1) is 0 Å². The average molecular weight is 374 g/mol. The van der Waals surface area contributed by atoms with Crippen molar-refractivity contribution < 1.29 is 13.9 Å². The molecule has 0 aliphatic carbocycles. The van der Waals surface area contributed by atoms with E-state index in [0.29, 0.717) is 23.0 Å². The van der Waals surface area contributed by atoms with E-state index in [0.717, 1.165) is 45.3 Å². The van der Waals surface area contributed by atoms with E-state index in [2.05, 4.69) is 28.9 Å². The number of piperazine rings is 1. The van der Waals surface area contributed by atoms with Gasteiger partial charge in [0.05, 0.1) is 12.8 Å². The van der Waals surface area contributed by atoms with E-state index in [1.165, 1.54) is 13.2 Å². The molecule has 2 aromatic rings. The Hall–Kier alpha value is -2.41. The summed E-state index contributed by atoms with van der Waals surface area (Å²) in [5.74, 6) is -0.262. The number of methoxy groups -OCH3 is 1. The number of aldehydes is 1. The molecule has 0 atom stereocenters. The molecule has 1 fully saturated rings.